The van der Waals surface area contributed by atoms with Crippen LogP contribution in [0.5, 0.6) is 0 Å². The van der Waals surface area contributed by atoms with Crippen LogP contribution in [0.4, 0.5) is 4.79 Å². The summed E-state index contributed by atoms with van der Waals surface area (Å²) < 4.78 is 5.56. The highest BCUT2D eigenvalue weighted by molar-refractivity contribution is 6.07. The van der Waals surface area contributed by atoms with E-state index in [0.717, 1.165) is 16.3 Å². The number of carbonyl (C=O) groups excluding carboxylic acids is 2. The Bertz CT molecular complexity index is 1040. The molecule has 2 aromatic carbocycles. The second-order valence-corrected chi connectivity index (χ2v) is 7.25. The summed E-state index contributed by atoms with van der Waals surface area (Å²) >= 11 is 0. The van der Waals surface area contributed by atoms with Gasteiger partial charge in [0, 0.05) is 11.5 Å². The monoisotopic (exact) mass is 362 g/mol. The van der Waals surface area contributed by atoms with Crippen molar-refractivity contribution in [3.63, 3.8) is 0 Å². The molecule has 7 heteroatoms. The summed E-state index contributed by atoms with van der Waals surface area (Å²) in [7, 11) is 0. The summed E-state index contributed by atoms with van der Waals surface area (Å²) in [6.45, 7) is 0. The number of nitrogens with one attached hydrogen (secondary N) is 2. The van der Waals surface area contributed by atoms with E-state index in [4.69, 9.17) is 4.52 Å². The lowest BCUT2D eigenvalue weighted by Crippen LogP contribution is -2.49. The van der Waals surface area contributed by atoms with Crippen LogP contribution in [0, 0.1) is 0 Å². The van der Waals surface area contributed by atoms with Crippen LogP contribution < -0.4 is 10.6 Å². The molecule has 7 nitrogen and oxygen atoms in total. The molecule has 1 spiro atoms. The maximum atomic E-state index is 12.1. The van der Waals surface area contributed by atoms with E-state index in [2.05, 4.69) is 32.9 Å². The highest BCUT2D eigenvalue weighted by Gasteiger charge is 2.48. The van der Waals surface area contributed by atoms with E-state index in [9.17, 15) is 9.59 Å². The highest BCUT2D eigenvalue weighted by atomic mass is 16.5. The molecule has 1 saturated heterocycles. The van der Waals surface area contributed by atoms with Gasteiger partial charge in [0.05, 0.1) is 0 Å². The summed E-state index contributed by atoms with van der Waals surface area (Å²) in [5, 5.41) is 11.5. The largest absolute Gasteiger partial charge is 0.339 e. The fourth-order valence-electron chi connectivity index (χ4n) is 4.17. The predicted octanol–water partition coefficient (Wildman–Crippen LogP) is 3.13. The molecule has 0 radical (unpaired) electrons. The van der Waals surface area contributed by atoms with Gasteiger partial charge in [-0.25, -0.2) is 4.79 Å². The molecule has 0 bridgehead atoms. The molecule has 2 N–H and O–H groups in total. The van der Waals surface area contributed by atoms with Crippen LogP contribution in [0.2, 0.25) is 0 Å². The molecule has 3 amide bonds. The van der Waals surface area contributed by atoms with Crippen molar-refractivity contribution in [3.8, 4) is 11.4 Å². The zero-order valence-electron chi connectivity index (χ0n) is 14.6. The Labute approximate surface area is 155 Å². The highest BCUT2D eigenvalue weighted by Crippen LogP contribution is 2.39. The lowest BCUT2D eigenvalue weighted by molar-refractivity contribution is -0.125. The van der Waals surface area contributed by atoms with Gasteiger partial charge in [-0.3, -0.25) is 10.1 Å². The summed E-state index contributed by atoms with van der Waals surface area (Å²) in [5.41, 5.74) is 0.171. The van der Waals surface area contributed by atoms with Gasteiger partial charge in [-0.15, -0.1) is 0 Å². The molecule has 2 fully saturated rings. The van der Waals surface area contributed by atoms with E-state index >= 15 is 0 Å². The number of rotatable bonds is 2. The minimum atomic E-state index is -0.772. The van der Waals surface area contributed by atoms with Gasteiger partial charge in [-0.05, 0) is 36.5 Å². The number of fused-ring (bicyclic) bond motifs is 1. The third-order valence-electron chi connectivity index (χ3n) is 5.68. The van der Waals surface area contributed by atoms with E-state index in [-0.39, 0.29) is 11.8 Å². The molecule has 27 heavy (non-hydrogen) atoms. The molecule has 0 atom stereocenters. The first-order valence-corrected chi connectivity index (χ1v) is 9.10. The number of imide groups is 1. The number of amides is 3. The van der Waals surface area contributed by atoms with Crippen molar-refractivity contribution in [1.29, 1.82) is 0 Å². The van der Waals surface area contributed by atoms with Gasteiger partial charge in [-0.1, -0.05) is 47.6 Å². The predicted molar refractivity (Wildman–Crippen MR) is 97.9 cm³/mol. The van der Waals surface area contributed by atoms with Crippen molar-refractivity contribution in [2.24, 2.45) is 0 Å². The van der Waals surface area contributed by atoms with Crippen molar-refractivity contribution in [1.82, 2.24) is 20.8 Å². The molecule has 2 heterocycles. The first-order valence-electron chi connectivity index (χ1n) is 9.10. The SMILES string of the molecule is O=C1NC(=O)C2(CCC(c3nc(-c4cccc5ccccc45)no3)CC2)N1. The number of urea groups is 1. The Balaban J connectivity index is 1.39. The molecule has 2 aliphatic rings. The third kappa shape index (κ3) is 2.58. The minimum Gasteiger partial charge on any atom is -0.339 e. The maximum Gasteiger partial charge on any atom is 0.322 e. The first kappa shape index (κ1) is 16.0. The second kappa shape index (κ2) is 5.90. The molecule has 5 rings (SSSR count). The molecule has 3 aromatic rings. The van der Waals surface area contributed by atoms with E-state index in [0.29, 0.717) is 37.4 Å². The zero-order chi connectivity index (χ0) is 18.4. The summed E-state index contributed by atoms with van der Waals surface area (Å²) in [5.74, 6) is 1.04. The second-order valence-electron chi connectivity index (χ2n) is 7.25. The smallest absolute Gasteiger partial charge is 0.322 e. The number of nitrogens with zero attached hydrogens (tertiary/aromatic N) is 2. The lowest BCUT2D eigenvalue weighted by atomic mass is 9.76. The fraction of sp³-hybridized carbons (Fsp3) is 0.300. The Morgan fingerprint density at radius 3 is 2.59 bits per heavy atom. The topological polar surface area (TPSA) is 97.1 Å². The molecule has 1 saturated carbocycles. The van der Waals surface area contributed by atoms with Gasteiger partial charge in [0.15, 0.2) is 0 Å². The van der Waals surface area contributed by atoms with Crippen LogP contribution in [0.15, 0.2) is 47.0 Å². The molecule has 1 aliphatic heterocycles. The van der Waals surface area contributed by atoms with Gasteiger partial charge in [0.25, 0.3) is 5.91 Å². The quantitative estimate of drug-likeness (QED) is 0.683. The van der Waals surface area contributed by atoms with Gasteiger partial charge >= 0.3 is 6.03 Å². The fourth-order valence-corrected chi connectivity index (χ4v) is 4.17. The summed E-state index contributed by atoms with van der Waals surface area (Å²) in [4.78, 5) is 28.2. The molecular weight excluding hydrogens is 344 g/mol. The van der Waals surface area contributed by atoms with E-state index in [1.54, 1.807) is 0 Å². The maximum absolute atomic E-state index is 12.1. The molecule has 0 unspecified atom stereocenters. The number of benzene rings is 2. The molecule has 1 aliphatic carbocycles. The van der Waals surface area contributed by atoms with Gasteiger partial charge in [-0.2, -0.15) is 4.98 Å². The van der Waals surface area contributed by atoms with Crippen molar-refractivity contribution < 1.29 is 14.1 Å². The van der Waals surface area contributed by atoms with Crippen molar-refractivity contribution in [2.75, 3.05) is 0 Å². The normalized spacial score (nSPS) is 25.0. The van der Waals surface area contributed by atoms with Crippen molar-refractivity contribution >= 4 is 22.7 Å². The van der Waals surface area contributed by atoms with Gasteiger partial charge in [0.1, 0.15) is 5.54 Å². The Hall–Kier alpha value is -3.22. The molecule has 1 aromatic heterocycles. The van der Waals surface area contributed by atoms with Gasteiger partial charge in [0.2, 0.25) is 11.7 Å². The third-order valence-corrected chi connectivity index (χ3v) is 5.68. The number of aromatic nitrogens is 2. The number of carbonyl (C=O) groups is 2. The summed E-state index contributed by atoms with van der Waals surface area (Å²) in [6.07, 6.45) is 2.57. The Morgan fingerprint density at radius 2 is 1.81 bits per heavy atom. The van der Waals surface area contributed by atoms with Crippen LogP contribution in [0.3, 0.4) is 0 Å². The van der Waals surface area contributed by atoms with Crippen LogP contribution in [0.25, 0.3) is 22.2 Å². The molecular formula is C20H18N4O3. The van der Waals surface area contributed by atoms with E-state index < -0.39 is 11.6 Å². The van der Waals surface area contributed by atoms with Crippen LogP contribution in [-0.4, -0.2) is 27.6 Å². The Kier molecular flexibility index (Phi) is 3.50. The first-order chi connectivity index (χ1) is 13.1. The van der Waals surface area contributed by atoms with Crippen molar-refractivity contribution in [2.45, 2.75) is 37.1 Å². The minimum absolute atomic E-state index is 0.0946. The van der Waals surface area contributed by atoms with Crippen LogP contribution in [0.1, 0.15) is 37.5 Å². The standard InChI is InChI=1S/C20H18N4O3/c25-18-20(23-19(26)22-18)10-8-13(9-11-20)17-21-16(24-27-17)15-7-3-5-12-4-1-2-6-14(12)15/h1-7,13H,8-11H2,(H2,22,23,25,26). The number of hydrogen-bond donors (Lipinski definition) is 2. The van der Waals surface area contributed by atoms with E-state index in [1.807, 2.05) is 30.3 Å². The Morgan fingerprint density at radius 1 is 1.04 bits per heavy atom. The lowest BCUT2D eigenvalue weighted by Gasteiger charge is -2.33. The van der Waals surface area contributed by atoms with Crippen molar-refractivity contribution in [3.05, 3.63) is 48.4 Å². The van der Waals surface area contributed by atoms with E-state index in [1.165, 1.54) is 0 Å². The zero-order valence-corrected chi connectivity index (χ0v) is 14.6. The van der Waals surface area contributed by atoms with Crippen LogP contribution in [-0.2, 0) is 4.79 Å². The average Bonchev–Trinajstić information content (AvgIpc) is 3.27. The van der Waals surface area contributed by atoms with Gasteiger partial charge < -0.3 is 9.84 Å². The van der Waals surface area contributed by atoms with Crippen LogP contribution >= 0.6 is 0 Å². The summed E-state index contributed by atoms with van der Waals surface area (Å²) in [6, 6.07) is 13.7. The average molecular weight is 362 g/mol. The number of hydrogen-bond acceptors (Lipinski definition) is 5. The molecule has 136 valence electrons.